The van der Waals surface area contributed by atoms with Crippen molar-refractivity contribution >= 4 is 43.2 Å². The summed E-state index contributed by atoms with van der Waals surface area (Å²) >= 11 is 1.49. The molecule has 1 aliphatic heterocycles. The van der Waals surface area contributed by atoms with Crippen LogP contribution in [0.3, 0.4) is 0 Å². The van der Waals surface area contributed by atoms with Gasteiger partial charge in [-0.1, -0.05) is 12.1 Å². The molecule has 11 heteroatoms. The molecule has 0 aliphatic carbocycles. The fourth-order valence-electron chi connectivity index (χ4n) is 3.73. The van der Waals surface area contributed by atoms with Crippen molar-refractivity contribution in [2.24, 2.45) is 0 Å². The Labute approximate surface area is 199 Å². The van der Waals surface area contributed by atoms with Crippen molar-refractivity contribution in [3.05, 3.63) is 54.4 Å². The van der Waals surface area contributed by atoms with Crippen LogP contribution in [-0.4, -0.2) is 67.0 Å². The van der Waals surface area contributed by atoms with E-state index in [0.29, 0.717) is 43.2 Å². The van der Waals surface area contributed by atoms with Crippen LogP contribution < -0.4 is 4.90 Å². The minimum absolute atomic E-state index is 0.0534. The zero-order chi connectivity index (χ0) is 23.9. The number of aromatic nitrogens is 3. The van der Waals surface area contributed by atoms with Crippen molar-refractivity contribution in [1.82, 2.24) is 15.0 Å². The van der Waals surface area contributed by atoms with Gasteiger partial charge in [0.05, 0.1) is 33.9 Å². The summed E-state index contributed by atoms with van der Waals surface area (Å²) < 4.78 is 30.4. The number of pyridine rings is 1. The molecule has 0 unspecified atom stereocenters. The first-order chi connectivity index (χ1) is 16.3. The molecule has 1 N–H and O–H groups in total. The van der Waals surface area contributed by atoms with E-state index >= 15 is 0 Å². The Bertz CT molecular complexity index is 1510. The van der Waals surface area contributed by atoms with E-state index < -0.39 is 15.8 Å². The molecule has 1 aliphatic rings. The van der Waals surface area contributed by atoms with E-state index in [1.54, 1.807) is 24.4 Å². The lowest BCUT2D eigenvalue weighted by Crippen LogP contribution is -2.36. The van der Waals surface area contributed by atoms with Gasteiger partial charge in [0.1, 0.15) is 0 Å². The van der Waals surface area contributed by atoms with Gasteiger partial charge in [0.25, 0.3) is 0 Å². The number of aromatic carboxylic acids is 1. The van der Waals surface area contributed by atoms with Crippen molar-refractivity contribution in [3.8, 4) is 21.8 Å². The lowest BCUT2D eigenvalue weighted by molar-refractivity contribution is 0.0696. The normalized spacial score (nSPS) is 14.4. The predicted octanol–water partition coefficient (Wildman–Crippen LogP) is 3.36. The van der Waals surface area contributed by atoms with Crippen LogP contribution in [0.15, 0.2) is 53.7 Å². The van der Waals surface area contributed by atoms with Crippen molar-refractivity contribution in [2.45, 2.75) is 4.90 Å². The van der Waals surface area contributed by atoms with Crippen LogP contribution in [0.4, 0.5) is 5.82 Å². The van der Waals surface area contributed by atoms with Gasteiger partial charge in [0.2, 0.25) is 0 Å². The molecule has 0 saturated carbocycles. The van der Waals surface area contributed by atoms with Crippen LogP contribution in [0.25, 0.3) is 32.0 Å². The van der Waals surface area contributed by atoms with Gasteiger partial charge in [-0.15, -0.1) is 11.3 Å². The van der Waals surface area contributed by atoms with Gasteiger partial charge in [-0.25, -0.2) is 23.2 Å². The second-order valence-electron chi connectivity index (χ2n) is 7.86. The molecular formula is C23H20N4O5S2. The number of fused-ring (bicyclic) bond motifs is 1. The maximum Gasteiger partial charge on any atom is 0.337 e. The van der Waals surface area contributed by atoms with E-state index in [1.807, 2.05) is 12.1 Å². The van der Waals surface area contributed by atoms with Crippen molar-refractivity contribution in [2.75, 3.05) is 37.5 Å². The number of nitrogens with zero attached hydrogens (tertiary/aromatic N) is 4. The third-order valence-electron chi connectivity index (χ3n) is 5.45. The van der Waals surface area contributed by atoms with Crippen LogP contribution in [0.1, 0.15) is 10.4 Å². The van der Waals surface area contributed by atoms with E-state index in [9.17, 15) is 18.3 Å². The maximum absolute atomic E-state index is 12.0. The van der Waals surface area contributed by atoms with E-state index in [-0.39, 0.29) is 10.5 Å². The second kappa shape index (κ2) is 8.75. The Balaban J connectivity index is 1.68. The molecule has 1 fully saturated rings. The average Bonchev–Trinajstić information content (AvgIpc) is 3.28. The Morgan fingerprint density at radius 1 is 1.09 bits per heavy atom. The smallest absolute Gasteiger partial charge is 0.337 e. The molecule has 34 heavy (non-hydrogen) atoms. The molecule has 4 aromatic rings. The number of carbonyl (C=O) groups is 1. The number of carboxylic acid groups (broad SMARTS) is 1. The first kappa shape index (κ1) is 22.4. The molecule has 5 rings (SSSR count). The fourth-order valence-corrected chi connectivity index (χ4v) is 5.51. The lowest BCUT2D eigenvalue weighted by atomic mass is 10.2. The number of anilines is 1. The van der Waals surface area contributed by atoms with Crippen LogP contribution in [0, 0.1) is 0 Å². The highest BCUT2D eigenvalue weighted by molar-refractivity contribution is 7.90. The Kier molecular flexibility index (Phi) is 5.76. The summed E-state index contributed by atoms with van der Waals surface area (Å²) in [6, 6.07) is 10.2. The summed E-state index contributed by atoms with van der Waals surface area (Å²) in [6.45, 7) is 2.47. The predicted molar refractivity (Wildman–Crippen MR) is 129 cm³/mol. The minimum atomic E-state index is -3.34. The average molecular weight is 497 g/mol. The van der Waals surface area contributed by atoms with E-state index in [2.05, 4.69) is 9.88 Å². The number of hydrogen-bond donors (Lipinski definition) is 1. The molecule has 0 amide bonds. The van der Waals surface area contributed by atoms with Crippen molar-refractivity contribution in [3.63, 3.8) is 0 Å². The van der Waals surface area contributed by atoms with Gasteiger partial charge in [-0.3, -0.25) is 4.98 Å². The van der Waals surface area contributed by atoms with Crippen LogP contribution in [0.2, 0.25) is 0 Å². The van der Waals surface area contributed by atoms with Crippen LogP contribution in [-0.2, 0) is 14.6 Å². The highest BCUT2D eigenvalue weighted by Crippen LogP contribution is 2.39. The number of sulfone groups is 1. The van der Waals surface area contributed by atoms with E-state index in [1.165, 1.54) is 29.9 Å². The highest BCUT2D eigenvalue weighted by atomic mass is 32.2. The topological polar surface area (TPSA) is 123 Å². The molecule has 4 heterocycles. The summed E-state index contributed by atoms with van der Waals surface area (Å²) in [5, 5.41) is 9.35. The molecule has 9 nitrogen and oxygen atoms in total. The third-order valence-corrected chi connectivity index (χ3v) is 7.73. The largest absolute Gasteiger partial charge is 0.478 e. The summed E-state index contributed by atoms with van der Waals surface area (Å²) in [6.07, 6.45) is 4.01. The molecule has 0 bridgehead atoms. The molecule has 174 valence electrons. The summed E-state index contributed by atoms with van der Waals surface area (Å²) in [5.41, 5.74) is 2.02. The quantitative estimate of drug-likeness (QED) is 0.443. The first-order valence-electron chi connectivity index (χ1n) is 10.4. The van der Waals surface area contributed by atoms with Gasteiger partial charge >= 0.3 is 5.97 Å². The van der Waals surface area contributed by atoms with Gasteiger partial charge in [0.15, 0.2) is 21.5 Å². The fraction of sp³-hybridized carbons (Fsp3) is 0.217. The van der Waals surface area contributed by atoms with Gasteiger partial charge in [-0.2, -0.15) is 0 Å². The van der Waals surface area contributed by atoms with Gasteiger partial charge in [0, 0.05) is 42.2 Å². The summed E-state index contributed by atoms with van der Waals surface area (Å²) in [4.78, 5) is 28.2. The second-order valence-corrected chi connectivity index (χ2v) is 10.9. The Morgan fingerprint density at radius 2 is 1.88 bits per heavy atom. The number of thiophene rings is 1. The maximum atomic E-state index is 12.0. The first-order valence-corrected chi connectivity index (χ1v) is 13.1. The molecule has 1 aromatic carbocycles. The van der Waals surface area contributed by atoms with Crippen LogP contribution in [0.5, 0.6) is 0 Å². The molecular weight excluding hydrogens is 476 g/mol. The van der Waals surface area contributed by atoms with Crippen molar-refractivity contribution < 1.29 is 23.1 Å². The lowest BCUT2D eigenvalue weighted by Gasteiger charge is -2.28. The van der Waals surface area contributed by atoms with E-state index in [4.69, 9.17) is 14.7 Å². The number of ether oxygens (including phenoxy) is 1. The zero-order valence-corrected chi connectivity index (χ0v) is 19.8. The highest BCUT2D eigenvalue weighted by Gasteiger charge is 2.21. The zero-order valence-electron chi connectivity index (χ0n) is 18.1. The number of rotatable bonds is 5. The molecule has 0 spiro atoms. The molecule has 1 saturated heterocycles. The monoisotopic (exact) mass is 496 g/mol. The molecule has 3 aromatic heterocycles. The minimum Gasteiger partial charge on any atom is -0.478 e. The summed E-state index contributed by atoms with van der Waals surface area (Å²) in [5.74, 6) is 0.0331. The Morgan fingerprint density at radius 3 is 2.62 bits per heavy atom. The van der Waals surface area contributed by atoms with Gasteiger partial charge in [-0.05, 0) is 29.8 Å². The number of hydrogen-bond acceptors (Lipinski definition) is 9. The third kappa shape index (κ3) is 4.37. The molecule has 0 radical (unpaired) electrons. The SMILES string of the molecule is CS(=O)(=O)c1cccc(-c2cc3nc(-c4cncc(C(=O)O)c4)nc(N4CCOCC4)c3s2)c1. The Hall–Kier alpha value is -3.41. The summed E-state index contributed by atoms with van der Waals surface area (Å²) in [7, 11) is -3.34. The van der Waals surface area contributed by atoms with E-state index in [0.717, 1.165) is 21.0 Å². The van der Waals surface area contributed by atoms with Gasteiger partial charge < -0.3 is 14.7 Å². The number of benzene rings is 1. The van der Waals surface area contributed by atoms with Crippen LogP contribution >= 0.6 is 11.3 Å². The number of carboxylic acids is 1. The molecule has 0 atom stereocenters. The number of morpholine rings is 1. The van der Waals surface area contributed by atoms with Crippen molar-refractivity contribution in [1.29, 1.82) is 0 Å². The standard InChI is InChI=1S/C23H20N4O5S2/c1-34(30,31)17-4-2-3-14(10-17)19-11-18-20(33-19)22(27-5-7-32-8-6-27)26-21(25-18)15-9-16(23(28)29)13-24-12-15/h2-4,9-13H,5-8H2,1H3,(H,28,29).